The van der Waals surface area contributed by atoms with Crippen molar-refractivity contribution in [1.82, 2.24) is 0 Å². The average molecular weight is 319 g/mol. The number of hydrogen-bond acceptors (Lipinski definition) is 4. The van der Waals surface area contributed by atoms with Crippen LogP contribution < -0.4 is 4.74 Å². The fraction of sp³-hybridized carbons (Fsp3) is 0.273. The Kier molecular flexibility index (Phi) is 3.69. The van der Waals surface area contributed by atoms with Crippen LogP contribution in [-0.4, -0.2) is 12.2 Å². The molecule has 0 aliphatic rings. The van der Waals surface area contributed by atoms with Crippen molar-refractivity contribution in [2.75, 3.05) is 7.11 Å². The summed E-state index contributed by atoms with van der Waals surface area (Å²) in [6, 6.07) is 3.84. The SMILES string of the molecule is COc1ccsc1C(O)c1cc(Br)sc1C. The fourth-order valence-electron chi connectivity index (χ4n) is 1.55. The van der Waals surface area contributed by atoms with Crippen LogP contribution in [0.15, 0.2) is 21.3 Å². The third kappa shape index (κ3) is 2.18. The zero-order chi connectivity index (χ0) is 11.7. The van der Waals surface area contributed by atoms with Gasteiger partial charge in [-0.3, -0.25) is 0 Å². The van der Waals surface area contributed by atoms with E-state index in [1.807, 2.05) is 24.4 Å². The fourth-order valence-corrected chi connectivity index (χ4v) is 4.15. The predicted octanol–water partition coefficient (Wildman–Crippen LogP) is 3.97. The monoisotopic (exact) mass is 318 g/mol. The smallest absolute Gasteiger partial charge is 0.135 e. The molecule has 1 N–H and O–H groups in total. The van der Waals surface area contributed by atoms with Gasteiger partial charge in [0.1, 0.15) is 11.9 Å². The normalized spacial score (nSPS) is 12.8. The summed E-state index contributed by atoms with van der Waals surface area (Å²) in [7, 11) is 1.62. The Hall–Kier alpha value is -0.360. The maximum atomic E-state index is 10.3. The Morgan fingerprint density at radius 1 is 1.50 bits per heavy atom. The lowest BCUT2D eigenvalue weighted by Crippen LogP contribution is -1.99. The Bertz CT molecular complexity index is 490. The molecule has 0 saturated heterocycles. The van der Waals surface area contributed by atoms with Crippen molar-refractivity contribution in [3.05, 3.63) is 36.6 Å². The molecule has 0 saturated carbocycles. The minimum absolute atomic E-state index is 0.600. The minimum atomic E-state index is -0.600. The van der Waals surface area contributed by atoms with Crippen LogP contribution in [-0.2, 0) is 0 Å². The first-order chi connectivity index (χ1) is 7.63. The molecule has 5 heteroatoms. The van der Waals surface area contributed by atoms with E-state index in [9.17, 15) is 5.11 Å². The maximum absolute atomic E-state index is 10.3. The van der Waals surface area contributed by atoms with Crippen LogP contribution in [0.2, 0.25) is 0 Å². The number of aliphatic hydroxyl groups is 1. The summed E-state index contributed by atoms with van der Waals surface area (Å²) in [6.45, 7) is 2.01. The number of aliphatic hydroxyl groups excluding tert-OH is 1. The van der Waals surface area contributed by atoms with Crippen LogP contribution in [0.5, 0.6) is 5.75 Å². The van der Waals surface area contributed by atoms with Crippen LogP contribution in [0.4, 0.5) is 0 Å². The molecule has 0 spiro atoms. The van der Waals surface area contributed by atoms with Crippen LogP contribution in [0.3, 0.4) is 0 Å². The molecule has 2 nitrogen and oxygen atoms in total. The van der Waals surface area contributed by atoms with E-state index in [-0.39, 0.29) is 0 Å². The number of rotatable bonds is 3. The molecule has 1 unspecified atom stereocenters. The second-order valence-corrected chi connectivity index (χ2v) is 6.90. The minimum Gasteiger partial charge on any atom is -0.495 e. The molecule has 0 aliphatic carbocycles. The van der Waals surface area contributed by atoms with Crippen molar-refractivity contribution in [1.29, 1.82) is 0 Å². The van der Waals surface area contributed by atoms with Crippen molar-refractivity contribution >= 4 is 38.6 Å². The molecule has 2 aromatic heterocycles. The number of ether oxygens (including phenoxy) is 1. The van der Waals surface area contributed by atoms with Gasteiger partial charge in [0.05, 0.1) is 15.8 Å². The summed E-state index contributed by atoms with van der Waals surface area (Å²) in [5, 5.41) is 12.2. The van der Waals surface area contributed by atoms with Crippen molar-refractivity contribution in [3.8, 4) is 5.75 Å². The molecule has 0 bridgehead atoms. The van der Waals surface area contributed by atoms with Crippen molar-refractivity contribution in [3.63, 3.8) is 0 Å². The third-order valence-electron chi connectivity index (χ3n) is 2.35. The summed E-state index contributed by atoms with van der Waals surface area (Å²) < 4.78 is 6.25. The number of hydrogen-bond donors (Lipinski definition) is 1. The molecule has 0 radical (unpaired) electrons. The zero-order valence-electron chi connectivity index (χ0n) is 8.86. The summed E-state index contributed by atoms with van der Waals surface area (Å²) in [4.78, 5) is 1.98. The first-order valence-electron chi connectivity index (χ1n) is 4.68. The van der Waals surface area contributed by atoms with Crippen molar-refractivity contribution < 1.29 is 9.84 Å². The molecule has 0 amide bonds. The quantitative estimate of drug-likeness (QED) is 0.927. The van der Waals surface area contributed by atoms with Crippen LogP contribution in [0, 0.1) is 6.92 Å². The molecule has 1 atom stereocenters. The Morgan fingerprint density at radius 3 is 2.81 bits per heavy atom. The van der Waals surface area contributed by atoms with Gasteiger partial charge in [0.2, 0.25) is 0 Å². The molecule has 2 rings (SSSR count). The van der Waals surface area contributed by atoms with Crippen molar-refractivity contribution in [2.45, 2.75) is 13.0 Å². The van der Waals surface area contributed by atoms with Gasteiger partial charge in [-0.05, 0) is 40.4 Å². The van der Waals surface area contributed by atoms with Gasteiger partial charge in [0.25, 0.3) is 0 Å². The highest BCUT2D eigenvalue weighted by Crippen LogP contribution is 2.39. The maximum Gasteiger partial charge on any atom is 0.135 e. The lowest BCUT2D eigenvalue weighted by Gasteiger charge is -2.10. The number of methoxy groups -OCH3 is 1. The van der Waals surface area contributed by atoms with Gasteiger partial charge in [-0.1, -0.05) is 0 Å². The van der Waals surface area contributed by atoms with E-state index < -0.39 is 6.10 Å². The molecule has 2 aromatic rings. The van der Waals surface area contributed by atoms with Gasteiger partial charge in [-0.15, -0.1) is 22.7 Å². The van der Waals surface area contributed by atoms with Gasteiger partial charge in [0, 0.05) is 10.4 Å². The van der Waals surface area contributed by atoms with E-state index >= 15 is 0 Å². The molecule has 86 valence electrons. The predicted molar refractivity (Wildman–Crippen MR) is 71.7 cm³/mol. The molecule has 0 aromatic carbocycles. The highest BCUT2D eigenvalue weighted by molar-refractivity contribution is 9.11. The Balaban J connectivity index is 2.38. The third-order valence-corrected chi connectivity index (χ3v) is 4.87. The lowest BCUT2D eigenvalue weighted by molar-refractivity contribution is 0.219. The Morgan fingerprint density at radius 2 is 2.25 bits per heavy atom. The summed E-state index contributed by atoms with van der Waals surface area (Å²) in [5.41, 5.74) is 0.942. The second-order valence-electron chi connectivity index (χ2n) is 3.32. The largest absolute Gasteiger partial charge is 0.495 e. The summed E-state index contributed by atoms with van der Waals surface area (Å²) >= 11 is 6.57. The van der Waals surface area contributed by atoms with Gasteiger partial charge >= 0.3 is 0 Å². The molecule has 0 fully saturated rings. The van der Waals surface area contributed by atoms with E-state index in [2.05, 4.69) is 15.9 Å². The van der Waals surface area contributed by atoms with E-state index in [1.165, 1.54) is 11.3 Å². The highest BCUT2D eigenvalue weighted by Gasteiger charge is 2.20. The molecular formula is C11H11BrO2S2. The molecule has 16 heavy (non-hydrogen) atoms. The number of aryl methyl sites for hydroxylation is 1. The molecule has 2 heterocycles. The average Bonchev–Trinajstić information content (AvgIpc) is 2.83. The topological polar surface area (TPSA) is 29.5 Å². The first-order valence-corrected chi connectivity index (χ1v) is 7.17. The highest BCUT2D eigenvalue weighted by atomic mass is 79.9. The number of halogens is 1. The van der Waals surface area contributed by atoms with E-state index in [0.717, 1.165) is 24.9 Å². The summed E-state index contributed by atoms with van der Waals surface area (Å²) in [6.07, 6.45) is -0.600. The van der Waals surface area contributed by atoms with Gasteiger partial charge in [-0.2, -0.15) is 0 Å². The van der Waals surface area contributed by atoms with E-state index in [0.29, 0.717) is 0 Å². The van der Waals surface area contributed by atoms with Crippen molar-refractivity contribution in [2.24, 2.45) is 0 Å². The zero-order valence-corrected chi connectivity index (χ0v) is 12.1. The Labute approximate surface area is 111 Å². The van der Waals surface area contributed by atoms with Gasteiger partial charge in [-0.25, -0.2) is 0 Å². The lowest BCUT2D eigenvalue weighted by atomic mass is 10.1. The van der Waals surface area contributed by atoms with Crippen LogP contribution in [0.25, 0.3) is 0 Å². The van der Waals surface area contributed by atoms with Crippen LogP contribution >= 0.6 is 38.6 Å². The van der Waals surface area contributed by atoms with E-state index in [4.69, 9.17) is 4.74 Å². The van der Waals surface area contributed by atoms with Gasteiger partial charge < -0.3 is 9.84 Å². The van der Waals surface area contributed by atoms with Crippen LogP contribution in [0.1, 0.15) is 21.4 Å². The van der Waals surface area contributed by atoms with E-state index in [1.54, 1.807) is 18.4 Å². The van der Waals surface area contributed by atoms with Gasteiger partial charge in [0.15, 0.2) is 0 Å². The standard InChI is InChI=1S/C11H11BrO2S2/c1-6-7(5-9(12)16-6)10(13)11-8(14-2)3-4-15-11/h3-5,10,13H,1-2H3. The molecule has 0 aliphatic heterocycles. The molecular weight excluding hydrogens is 308 g/mol. The first kappa shape index (κ1) is 12.1. The summed E-state index contributed by atoms with van der Waals surface area (Å²) in [5.74, 6) is 0.749. The second kappa shape index (κ2) is 4.87. The number of thiophene rings is 2.